The lowest BCUT2D eigenvalue weighted by Gasteiger charge is -2.16. The first-order valence-corrected chi connectivity index (χ1v) is 22.4. The van der Waals surface area contributed by atoms with Gasteiger partial charge in [-0.25, -0.2) is 33.0 Å². The van der Waals surface area contributed by atoms with Crippen LogP contribution >= 0.6 is 0 Å². The number of ether oxygens (including phenoxy) is 1. The molecule has 0 spiro atoms. The molecule has 0 bridgehead atoms. The highest BCUT2D eigenvalue weighted by Gasteiger charge is 2.28. The van der Waals surface area contributed by atoms with Crippen LogP contribution in [-0.4, -0.2) is 42.0 Å². The van der Waals surface area contributed by atoms with Crippen LogP contribution in [0.5, 0.6) is 5.75 Å². The largest absolute Gasteiger partial charge is 0.387 e. The van der Waals surface area contributed by atoms with Crippen LogP contribution in [0.25, 0.3) is 0 Å². The van der Waals surface area contributed by atoms with E-state index in [4.69, 9.17) is 15.1 Å². The normalized spacial score (nSPS) is 15.2. The second-order valence-corrected chi connectivity index (χ2v) is 18.6. The summed E-state index contributed by atoms with van der Waals surface area (Å²) in [5.74, 6) is 2.15. The van der Waals surface area contributed by atoms with Gasteiger partial charge in [0.1, 0.15) is 17.4 Å². The highest BCUT2D eigenvalue weighted by molar-refractivity contribution is 7.90. The van der Waals surface area contributed by atoms with E-state index in [0.29, 0.717) is 11.6 Å². The zero-order chi connectivity index (χ0) is 40.5. The number of nitriles is 1. The van der Waals surface area contributed by atoms with Gasteiger partial charge in [0, 0.05) is 30.2 Å². The summed E-state index contributed by atoms with van der Waals surface area (Å²) in [5, 5.41) is 16.3. The van der Waals surface area contributed by atoms with Gasteiger partial charge in [-0.3, -0.25) is 0 Å². The molecule has 0 saturated heterocycles. The number of carbonyl (C=O) groups is 1. The van der Waals surface area contributed by atoms with Gasteiger partial charge in [-0.05, 0) is 163 Å². The minimum Gasteiger partial charge on any atom is -0.387 e. The number of primary sulfonamides is 1. The number of anilines is 1. The van der Waals surface area contributed by atoms with E-state index >= 15 is 0 Å². The Kier molecular flexibility index (Phi) is 12.0. The van der Waals surface area contributed by atoms with Crippen LogP contribution in [0.15, 0.2) is 34.6 Å². The van der Waals surface area contributed by atoms with Gasteiger partial charge in [0.2, 0.25) is 0 Å². The molecule has 16 heteroatoms. The number of aryl methyl sites for hydroxylation is 6. The van der Waals surface area contributed by atoms with Gasteiger partial charge in [0.15, 0.2) is 10.1 Å². The first-order valence-electron chi connectivity index (χ1n) is 19.3. The molecular formula is C40H52N8O6S2. The van der Waals surface area contributed by atoms with Crippen molar-refractivity contribution in [1.29, 1.82) is 5.26 Å². The number of nitrogens with zero attached hydrogens (tertiary/aromatic N) is 5. The molecule has 14 nitrogen and oxygen atoms in total. The lowest BCUT2D eigenvalue weighted by Crippen LogP contribution is -2.35. The van der Waals surface area contributed by atoms with Crippen molar-refractivity contribution in [2.45, 2.75) is 141 Å². The molecule has 0 fully saturated rings. The third kappa shape index (κ3) is 8.64. The Morgan fingerprint density at radius 1 is 0.732 bits per heavy atom. The average molecular weight is 805 g/mol. The predicted molar refractivity (Wildman–Crippen MR) is 213 cm³/mol. The van der Waals surface area contributed by atoms with Crippen molar-refractivity contribution in [2.24, 2.45) is 5.14 Å². The summed E-state index contributed by atoms with van der Waals surface area (Å²) in [4.78, 5) is 20.6. The molecule has 2 amide bonds. The van der Waals surface area contributed by atoms with E-state index in [2.05, 4.69) is 32.1 Å². The summed E-state index contributed by atoms with van der Waals surface area (Å²) in [6.45, 7) is 11.3. The summed E-state index contributed by atoms with van der Waals surface area (Å²) in [7, 11) is -7.71. The topological polar surface area (TPSA) is 204 Å². The predicted octanol–water partition coefficient (Wildman–Crippen LogP) is 6.20. The minimum atomic E-state index is -4.04. The molecule has 4 aliphatic carbocycles. The zero-order valence-electron chi connectivity index (χ0n) is 33.0. The van der Waals surface area contributed by atoms with Crippen molar-refractivity contribution in [3.63, 3.8) is 0 Å². The quantitative estimate of drug-likeness (QED) is 0.182. The van der Waals surface area contributed by atoms with Crippen molar-refractivity contribution in [3.05, 3.63) is 80.7 Å². The fraction of sp³-hybridized carbons (Fsp3) is 0.500. The molecule has 0 radical (unpaired) electrons. The number of hydrogen-bond acceptors (Lipinski definition) is 9. The zero-order valence-corrected chi connectivity index (χ0v) is 34.7. The lowest BCUT2D eigenvalue weighted by molar-refractivity contribution is 0.256. The highest BCUT2D eigenvalue weighted by Crippen LogP contribution is 2.40. The van der Waals surface area contributed by atoms with Crippen LogP contribution in [0.3, 0.4) is 0 Å². The molecule has 300 valence electrons. The second-order valence-electron chi connectivity index (χ2n) is 15.5. The van der Waals surface area contributed by atoms with Crippen molar-refractivity contribution in [3.8, 4) is 12.0 Å². The Balaban J connectivity index is 0.000000159. The van der Waals surface area contributed by atoms with Crippen LogP contribution in [0, 0.1) is 25.4 Å². The Morgan fingerprint density at radius 2 is 1.14 bits per heavy atom. The van der Waals surface area contributed by atoms with Gasteiger partial charge >= 0.3 is 6.03 Å². The fourth-order valence-corrected chi connectivity index (χ4v) is 9.87. The molecule has 2 aromatic carbocycles. The number of amides is 2. The Bertz CT molecular complexity index is 2360. The maximum absolute atomic E-state index is 12.6. The van der Waals surface area contributed by atoms with Crippen molar-refractivity contribution >= 4 is 31.8 Å². The smallest absolute Gasteiger partial charge is 0.333 e. The van der Waals surface area contributed by atoms with E-state index in [-0.39, 0.29) is 22.1 Å². The number of carbonyl (C=O) groups excluding carboxylic acids is 1. The van der Waals surface area contributed by atoms with Gasteiger partial charge in [0.25, 0.3) is 26.3 Å². The van der Waals surface area contributed by atoms with E-state index in [9.17, 15) is 21.6 Å². The molecule has 56 heavy (non-hydrogen) atoms. The second kappa shape index (κ2) is 16.4. The Morgan fingerprint density at radius 3 is 1.54 bits per heavy atom. The third-order valence-electron chi connectivity index (χ3n) is 11.0. The SMILES string of the molecule is Cc1nc(S(=O)(=O)NC(=O)Nc2c3c(cc4c2CCC4)CCC3)cn1C(C)C.Cc1nc(S(N)(=O)=O)cn1C(C)C.N#COc1c2c(cc3c1CCC3)CCC2. The summed E-state index contributed by atoms with van der Waals surface area (Å²) in [6, 6.07) is 4.15. The molecule has 2 heterocycles. The fourth-order valence-electron chi connectivity index (χ4n) is 8.44. The number of hydrogen-bond donors (Lipinski definition) is 3. The number of urea groups is 1. The van der Waals surface area contributed by atoms with E-state index in [0.717, 1.165) is 86.8 Å². The molecule has 4 aliphatic rings. The molecule has 4 aromatic rings. The van der Waals surface area contributed by atoms with Crippen LogP contribution < -0.4 is 19.9 Å². The molecule has 0 saturated carbocycles. The van der Waals surface area contributed by atoms with E-state index in [1.807, 2.05) is 34.0 Å². The summed E-state index contributed by atoms with van der Waals surface area (Å²) >= 11 is 0. The van der Waals surface area contributed by atoms with Gasteiger partial charge in [-0.2, -0.15) is 8.42 Å². The number of fused-ring (bicyclic) bond motifs is 4. The number of benzene rings is 2. The van der Waals surface area contributed by atoms with Gasteiger partial charge in [-0.1, -0.05) is 12.1 Å². The van der Waals surface area contributed by atoms with E-state index < -0.39 is 26.1 Å². The van der Waals surface area contributed by atoms with Gasteiger partial charge in [-0.15, -0.1) is 5.26 Å². The lowest BCUT2D eigenvalue weighted by atomic mass is 9.99. The number of rotatable bonds is 7. The number of aromatic nitrogens is 4. The van der Waals surface area contributed by atoms with E-state index in [1.54, 1.807) is 23.0 Å². The molecule has 0 aliphatic heterocycles. The third-order valence-corrected chi connectivity index (χ3v) is 13.0. The van der Waals surface area contributed by atoms with Crippen LogP contribution in [0.1, 0.15) is 122 Å². The maximum Gasteiger partial charge on any atom is 0.333 e. The highest BCUT2D eigenvalue weighted by atomic mass is 32.2. The van der Waals surface area contributed by atoms with Crippen molar-refractivity contribution in [2.75, 3.05) is 5.32 Å². The Hall–Kier alpha value is -4.72. The van der Waals surface area contributed by atoms with Crippen molar-refractivity contribution in [1.82, 2.24) is 23.8 Å². The maximum atomic E-state index is 12.6. The molecule has 0 atom stereocenters. The first-order chi connectivity index (χ1) is 26.5. The summed E-state index contributed by atoms with van der Waals surface area (Å²) in [5.41, 5.74) is 11.1. The summed E-state index contributed by atoms with van der Waals surface area (Å²) in [6.07, 6.45) is 17.7. The molecule has 0 unspecified atom stereocenters. The van der Waals surface area contributed by atoms with Gasteiger partial charge < -0.3 is 19.2 Å². The number of imidazole rings is 2. The average Bonchev–Trinajstić information content (AvgIpc) is 3.96. The summed E-state index contributed by atoms with van der Waals surface area (Å²) < 4.78 is 58.0. The molecule has 8 rings (SSSR count). The number of sulfonamides is 2. The van der Waals surface area contributed by atoms with Crippen LogP contribution in [0.2, 0.25) is 0 Å². The molecule has 4 N–H and O–H groups in total. The van der Waals surface area contributed by atoms with Crippen LogP contribution in [0.4, 0.5) is 10.5 Å². The van der Waals surface area contributed by atoms with Crippen molar-refractivity contribution < 1.29 is 26.4 Å². The Labute approximate surface area is 330 Å². The van der Waals surface area contributed by atoms with E-state index in [1.165, 1.54) is 58.6 Å². The number of nitrogens with one attached hydrogen (secondary N) is 2. The molecule has 2 aromatic heterocycles. The number of nitrogens with two attached hydrogens (primary N) is 1. The molecular weight excluding hydrogens is 753 g/mol. The van der Waals surface area contributed by atoms with Gasteiger partial charge in [0.05, 0.1) is 0 Å². The minimum absolute atomic E-state index is 0.0706. The first kappa shape index (κ1) is 40.9. The van der Waals surface area contributed by atoms with Crippen LogP contribution in [-0.2, 0) is 71.4 Å². The standard InChI is InChI=1S/C20H26N4O3S.C13H13NO.C7H13N3O2S/c1-12(2)24-11-18(21-13(24)3)28(26,27)23-20(25)22-19-16-8-4-6-14(16)10-15-7-5-9-17(15)19;14-8-15-13-11-5-1-3-9(11)7-10-4-2-6-12(10)13;1-5(2)10-4-7(9-6(10)3)13(8,11)12/h10-12H,4-9H2,1-3H3,(H2,22,23,25);7H,1-6H2;4-5H,1-3H3,(H2,8,11,12). The monoisotopic (exact) mass is 804 g/mol.